The monoisotopic (exact) mass is 293 g/mol. The van der Waals surface area contributed by atoms with E-state index in [9.17, 15) is 9.59 Å². The van der Waals surface area contributed by atoms with Gasteiger partial charge in [0.1, 0.15) is 5.92 Å². The van der Waals surface area contributed by atoms with Gasteiger partial charge in [0.2, 0.25) is 0 Å². The summed E-state index contributed by atoms with van der Waals surface area (Å²) in [7, 11) is 0. The number of piperidine rings is 1. The Morgan fingerprint density at radius 1 is 1.43 bits per heavy atom. The third-order valence-corrected chi connectivity index (χ3v) is 3.60. The molecule has 1 aliphatic heterocycles. The van der Waals surface area contributed by atoms with E-state index in [4.69, 9.17) is 4.74 Å². The smallest absolute Gasteiger partial charge is 0.316 e. The van der Waals surface area contributed by atoms with Crippen LogP contribution in [0.1, 0.15) is 40.0 Å². The Morgan fingerprint density at radius 3 is 2.76 bits per heavy atom. The molecular formula is C17H27NO3. The zero-order valence-corrected chi connectivity index (χ0v) is 13.4. The highest BCUT2D eigenvalue weighted by molar-refractivity contribution is 6.00. The fraction of sp³-hybridized carbons (Fsp3) is 0.647. The minimum Gasteiger partial charge on any atom is -0.465 e. The van der Waals surface area contributed by atoms with Crippen LogP contribution in [0.3, 0.4) is 0 Å². The van der Waals surface area contributed by atoms with Crippen molar-refractivity contribution in [3.63, 3.8) is 0 Å². The topological polar surface area (TPSA) is 46.6 Å². The minimum atomic E-state index is -0.545. The Kier molecular flexibility index (Phi) is 7.98. The lowest BCUT2D eigenvalue weighted by Gasteiger charge is -2.30. The van der Waals surface area contributed by atoms with Crippen molar-refractivity contribution in [2.75, 3.05) is 26.2 Å². The molecule has 0 aromatic heterocycles. The molecule has 0 aromatic rings. The molecule has 0 spiro atoms. The first-order valence-electron chi connectivity index (χ1n) is 7.97. The molecule has 118 valence electrons. The molecule has 0 bridgehead atoms. The lowest BCUT2D eigenvalue weighted by molar-refractivity contribution is -0.153. The third kappa shape index (κ3) is 5.46. The molecule has 1 heterocycles. The van der Waals surface area contributed by atoms with E-state index in [-0.39, 0.29) is 11.8 Å². The van der Waals surface area contributed by atoms with Crippen LogP contribution in [0.5, 0.6) is 0 Å². The van der Waals surface area contributed by atoms with E-state index in [0.717, 1.165) is 25.9 Å². The molecular weight excluding hydrogens is 266 g/mol. The number of ether oxygens (including phenoxy) is 1. The molecule has 0 aromatic carbocycles. The predicted molar refractivity (Wildman–Crippen MR) is 84.0 cm³/mol. The zero-order valence-electron chi connectivity index (χ0n) is 13.4. The van der Waals surface area contributed by atoms with Gasteiger partial charge in [0.25, 0.3) is 0 Å². The first-order chi connectivity index (χ1) is 10.2. The van der Waals surface area contributed by atoms with Crippen LogP contribution in [0.4, 0.5) is 0 Å². The van der Waals surface area contributed by atoms with Gasteiger partial charge < -0.3 is 4.74 Å². The van der Waals surface area contributed by atoms with E-state index in [1.54, 1.807) is 6.92 Å². The SMILES string of the molecule is CC.CCOC(=O)C1CCN(CC2=CC=CCC2)CC1=O. The lowest BCUT2D eigenvalue weighted by Crippen LogP contribution is -2.44. The highest BCUT2D eigenvalue weighted by atomic mass is 16.5. The van der Waals surface area contributed by atoms with Crippen molar-refractivity contribution in [3.8, 4) is 0 Å². The quantitative estimate of drug-likeness (QED) is 0.590. The second kappa shape index (κ2) is 9.50. The summed E-state index contributed by atoms with van der Waals surface area (Å²) in [6.45, 7) is 8.10. The number of rotatable bonds is 4. The van der Waals surface area contributed by atoms with Gasteiger partial charge in [-0.25, -0.2) is 0 Å². The second-order valence-corrected chi connectivity index (χ2v) is 5.06. The maximum absolute atomic E-state index is 12.0. The van der Waals surface area contributed by atoms with Crippen molar-refractivity contribution in [2.45, 2.75) is 40.0 Å². The van der Waals surface area contributed by atoms with Crippen molar-refractivity contribution in [2.24, 2.45) is 5.92 Å². The molecule has 1 unspecified atom stereocenters. The molecule has 0 saturated carbocycles. The minimum absolute atomic E-state index is 0.00310. The van der Waals surface area contributed by atoms with Gasteiger partial charge in [0.05, 0.1) is 13.2 Å². The summed E-state index contributed by atoms with van der Waals surface area (Å²) in [5.41, 5.74) is 1.37. The molecule has 1 saturated heterocycles. The van der Waals surface area contributed by atoms with Crippen molar-refractivity contribution < 1.29 is 14.3 Å². The van der Waals surface area contributed by atoms with Crippen LogP contribution in [0.2, 0.25) is 0 Å². The molecule has 4 nitrogen and oxygen atoms in total. The van der Waals surface area contributed by atoms with Gasteiger partial charge in [0, 0.05) is 13.1 Å². The van der Waals surface area contributed by atoms with Gasteiger partial charge in [0.15, 0.2) is 5.78 Å². The van der Waals surface area contributed by atoms with Crippen LogP contribution in [0.15, 0.2) is 23.8 Å². The Hall–Kier alpha value is -1.42. The Morgan fingerprint density at radius 2 is 2.19 bits per heavy atom. The normalized spacial score (nSPS) is 22.1. The molecule has 2 aliphatic rings. The third-order valence-electron chi connectivity index (χ3n) is 3.60. The van der Waals surface area contributed by atoms with Gasteiger partial charge in [-0.05, 0) is 26.2 Å². The number of allylic oxidation sites excluding steroid dienone is 3. The van der Waals surface area contributed by atoms with E-state index >= 15 is 0 Å². The number of Topliss-reactive ketones (excluding diaryl/α,β-unsaturated/α-hetero) is 1. The van der Waals surface area contributed by atoms with Crippen LogP contribution >= 0.6 is 0 Å². The molecule has 1 atom stereocenters. The number of likely N-dealkylation sites (tertiary alicyclic amines) is 1. The maximum atomic E-state index is 12.0. The average molecular weight is 293 g/mol. The number of carbonyl (C=O) groups excluding carboxylic acids is 2. The maximum Gasteiger partial charge on any atom is 0.316 e. The van der Waals surface area contributed by atoms with Crippen molar-refractivity contribution >= 4 is 11.8 Å². The summed E-state index contributed by atoms with van der Waals surface area (Å²) in [5.74, 6) is -0.903. The summed E-state index contributed by atoms with van der Waals surface area (Å²) < 4.78 is 4.94. The number of carbonyl (C=O) groups is 2. The molecule has 1 fully saturated rings. The first-order valence-corrected chi connectivity index (χ1v) is 7.97. The number of esters is 1. The van der Waals surface area contributed by atoms with Gasteiger partial charge in [-0.15, -0.1) is 0 Å². The van der Waals surface area contributed by atoms with E-state index < -0.39 is 5.92 Å². The number of nitrogens with zero attached hydrogens (tertiary/aromatic N) is 1. The van der Waals surface area contributed by atoms with Crippen LogP contribution in [-0.2, 0) is 14.3 Å². The fourth-order valence-electron chi connectivity index (χ4n) is 2.58. The molecule has 1 aliphatic carbocycles. The summed E-state index contributed by atoms with van der Waals surface area (Å²) in [4.78, 5) is 25.7. The van der Waals surface area contributed by atoms with Crippen molar-refractivity contribution in [1.82, 2.24) is 4.90 Å². The lowest BCUT2D eigenvalue weighted by atomic mass is 9.94. The molecule has 0 radical (unpaired) electrons. The molecule has 4 heteroatoms. The number of ketones is 1. The van der Waals surface area contributed by atoms with Crippen molar-refractivity contribution in [3.05, 3.63) is 23.8 Å². The van der Waals surface area contributed by atoms with E-state index in [2.05, 4.69) is 23.1 Å². The van der Waals surface area contributed by atoms with Gasteiger partial charge in [-0.2, -0.15) is 0 Å². The summed E-state index contributed by atoms with van der Waals surface area (Å²) in [5, 5.41) is 0. The first kappa shape index (κ1) is 17.6. The Labute approximate surface area is 127 Å². The fourth-order valence-corrected chi connectivity index (χ4v) is 2.58. The second-order valence-electron chi connectivity index (χ2n) is 5.06. The largest absolute Gasteiger partial charge is 0.465 e. The Balaban J connectivity index is 0.00000106. The van der Waals surface area contributed by atoms with Gasteiger partial charge in [-0.1, -0.05) is 37.6 Å². The van der Waals surface area contributed by atoms with Crippen LogP contribution in [0.25, 0.3) is 0 Å². The standard InChI is InChI=1S/C15H21NO3.C2H6/c1-2-19-15(18)13-8-9-16(11-14(13)17)10-12-6-4-3-5-7-12;1-2/h3-4,6,13H,2,5,7-11H2,1H3;1-2H3. The molecule has 2 rings (SSSR count). The molecule has 21 heavy (non-hydrogen) atoms. The van der Waals surface area contributed by atoms with E-state index in [1.165, 1.54) is 5.57 Å². The summed E-state index contributed by atoms with van der Waals surface area (Å²) in [6, 6.07) is 0. The highest BCUT2D eigenvalue weighted by Crippen LogP contribution is 2.19. The summed E-state index contributed by atoms with van der Waals surface area (Å²) >= 11 is 0. The average Bonchev–Trinajstić information content (AvgIpc) is 2.50. The van der Waals surface area contributed by atoms with Crippen LogP contribution in [-0.4, -0.2) is 42.9 Å². The van der Waals surface area contributed by atoms with Gasteiger partial charge in [-0.3, -0.25) is 14.5 Å². The number of hydrogen-bond donors (Lipinski definition) is 0. The summed E-state index contributed by atoms with van der Waals surface area (Å²) in [6.07, 6.45) is 9.10. The Bertz CT molecular complexity index is 412. The zero-order chi connectivity index (χ0) is 15.7. The predicted octanol–water partition coefficient (Wildman–Crippen LogP) is 2.74. The van der Waals surface area contributed by atoms with Crippen LogP contribution in [0, 0.1) is 5.92 Å². The van der Waals surface area contributed by atoms with E-state index in [1.807, 2.05) is 13.8 Å². The number of hydrogen-bond acceptors (Lipinski definition) is 4. The molecule has 0 amide bonds. The van der Waals surface area contributed by atoms with Crippen molar-refractivity contribution in [1.29, 1.82) is 0 Å². The van der Waals surface area contributed by atoms with E-state index in [0.29, 0.717) is 19.6 Å². The van der Waals surface area contributed by atoms with Gasteiger partial charge >= 0.3 is 5.97 Å². The van der Waals surface area contributed by atoms with Crippen LogP contribution < -0.4 is 0 Å². The highest BCUT2D eigenvalue weighted by Gasteiger charge is 2.33. The molecule has 0 N–H and O–H groups in total.